The Morgan fingerprint density at radius 1 is 1.35 bits per heavy atom. The zero-order valence-corrected chi connectivity index (χ0v) is 14.8. The Bertz CT molecular complexity index is 551. The van der Waals surface area contributed by atoms with E-state index >= 15 is 0 Å². The predicted molar refractivity (Wildman–Crippen MR) is 86.8 cm³/mol. The molecule has 8 heteroatoms. The number of likely N-dealkylation sites (N-methyl/N-ethyl adjacent to an activating group) is 1. The lowest BCUT2D eigenvalue weighted by atomic mass is 10.2. The molecular weight excluding hydrogens is 320 g/mol. The molecule has 0 aliphatic carbocycles. The zero-order valence-electron chi connectivity index (χ0n) is 14.0. The van der Waals surface area contributed by atoms with Gasteiger partial charge in [0.2, 0.25) is 0 Å². The molecule has 0 aromatic carbocycles. The highest BCUT2D eigenvalue weighted by atomic mass is 32.2. The van der Waals surface area contributed by atoms with Gasteiger partial charge in [0, 0.05) is 25.3 Å². The van der Waals surface area contributed by atoms with E-state index in [-0.39, 0.29) is 22.9 Å². The normalized spacial score (nSPS) is 16.2. The first-order valence-electron chi connectivity index (χ1n) is 7.24. The number of nitrogens with one attached hydrogen (secondary N) is 1. The Balaban J connectivity index is 2.68. The fourth-order valence-corrected chi connectivity index (χ4v) is 2.78. The van der Waals surface area contributed by atoms with Gasteiger partial charge in [-0.1, -0.05) is 6.92 Å². The van der Waals surface area contributed by atoms with Crippen molar-refractivity contribution in [2.24, 2.45) is 0 Å². The van der Waals surface area contributed by atoms with Crippen molar-refractivity contribution in [3.05, 3.63) is 11.0 Å². The largest absolute Gasteiger partial charge is 0.444 e. The quantitative estimate of drug-likeness (QED) is 0.735. The van der Waals surface area contributed by atoms with Crippen LogP contribution < -0.4 is 5.32 Å². The smallest absolute Gasteiger partial charge is 0.408 e. The highest BCUT2D eigenvalue weighted by Crippen LogP contribution is 2.24. The highest BCUT2D eigenvalue weighted by molar-refractivity contribution is 8.04. The fraction of sp³-hybridized carbons (Fsp3) is 0.600. The molecule has 7 nitrogen and oxygen atoms in total. The average Bonchev–Trinajstić information content (AvgIpc) is 2.68. The topological polar surface area (TPSA) is 92.8 Å². The van der Waals surface area contributed by atoms with Crippen LogP contribution in [0.5, 0.6) is 0 Å². The van der Waals surface area contributed by atoms with E-state index < -0.39 is 29.6 Å². The van der Waals surface area contributed by atoms with Gasteiger partial charge in [-0.05, 0) is 20.8 Å². The van der Waals surface area contributed by atoms with Crippen molar-refractivity contribution in [3.8, 4) is 0 Å². The number of rotatable bonds is 6. The van der Waals surface area contributed by atoms with E-state index in [0.717, 1.165) is 16.7 Å². The van der Waals surface area contributed by atoms with Crippen LogP contribution in [0.3, 0.4) is 0 Å². The summed E-state index contributed by atoms with van der Waals surface area (Å²) in [5.41, 5.74) is -0.671. The van der Waals surface area contributed by atoms with Gasteiger partial charge in [0.05, 0.1) is 4.91 Å². The van der Waals surface area contributed by atoms with E-state index in [0.29, 0.717) is 0 Å². The van der Waals surface area contributed by atoms with Gasteiger partial charge in [0.25, 0.3) is 11.8 Å². The summed E-state index contributed by atoms with van der Waals surface area (Å²) in [7, 11) is 1.39. The van der Waals surface area contributed by atoms with Gasteiger partial charge in [-0.15, -0.1) is 11.8 Å². The third-order valence-corrected chi connectivity index (χ3v) is 4.04. The summed E-state index contributed by atoms with van der Waals surface area (Å²) < 4.78 is 5.13. The monoisotopic (exact) mass is 342 g/mol. The van der Waals surface area contributed by atoms with Crippen LogP contribution in [-0.2, 0) is 19.1 Å². The Labute approximate surface area is 139 Å². The number of Topliss-reactive ketones (excluding diaryl/α,β-unsaturated/α-hetero) is 1. The first-order valence-corrected chi connectivity index (χ1v) is 8.22. The lowest BCUT2D eigenvalue weighted by Gasteiger charge is -2.22. The molecule has 0 fully saturated rings. The van der Waals surface area contributed by atoms with Crippen LogP contribution in [0.2, 0.25) is 0 Å². The third kappa shape index (κ3) is 5.70. The molecular formula is C15H22N2O5S. The number of carbonyl (C=O) groups excluding carboxylic acids is 4. The first-order chi connectivity index (χ1) is 10.5. The number of nitrogens with zero attached hydrogens (tertiary/aromatic N) is 1. The Kier molecular flexibility index (Phi) is 6.37. The molecule has 0 radical (unpaired) electrons. The SMILES string of the molecule is CCC(=O)[C@H](CSC1=CC(=O)N(C)C1=O)NC(=O)OC(C)(C)C. The van der Waals surface area contributed by atoms with Gasteiger partial charge >= 0.3 is 6.09 Å². The summed E-state index contributed by atoms with van der Waals surface area (Å²) in [5.74, 6) is -0.810. The van der Waals surface area contributed by atoms with Gasteiger partial charge in [-0.25, -0.2) is 4.79 Å². The Hall–Kier alpha value is -1.83. The molecule has 128 valence electrons. The molecule has 23 heavy (non-hydrogen) atoms. The highest BCUT2D eigenvalue weighted by Gasteiger charge is 2.30. The number of hydrogen-bond donors (Lipinski definition) is 1. The van der Waals surface area contributed by atoms with E-state index in [1.807, 2.05) is 0 Å². The minimum atomic E-state index is -0.783. The van der Waals surface area contributed by atoms with Gasteiger partial charge in [0.1, 0.15) is 11.6 Å². The second-order valence-electron chi connectivity index (χ2n) is 6.04. The summed E-state index contributed by atoms with van der Waals surface area (Å²) in [6, 6.07) is -0.783. The number of alkyl carbamates (subject to hydrolysis) is 1. The first kappa shape index (κ1) is 19.2. The molecule has 1 atom stereocenters. The van der Waals surface area contributed by atoms with Crippen LogP contribution in [0.4, 0.5) is 4.79 Å². The number of ketones is 1. The fourth-order valence-electron chi connectivity index (χ4n) is 1.72. The predicted octanol–water partition coefficient (Wildman–Crippen LogP) is 1.47. The third-order valence-electron chi connectivity index (χ3n) is 2.93. The van der Waals surface area contributed by atoms with Gasteiger partial charge in [0.15, 0.2) is 5.78 Å². The number of thioether (sulfide) groups is 1. The number of imide groups is 1. The summed E-state index contributed by atoms with van der Waals surface area (Å²) in [6.45, 7) is 6.86. The molecule has 0 aromatic heterocycles. The number of hydrogen-bond acceptors (Lipinski definition) is 6. The van der Waals surface area contributed by atoms with Crippen LogP contribution in [0, 0.1) is 0 Å². The molecule has 0 unspecified atom stereocenters. The number of amides is 3. The molecule has 1 aliphatic heterocycles. The summed E-state index contributed by atoms with van der Waals surface area (Å²) in [6.07, 6.45) is 0.783. The summed E-state index contributed by atoms with van der Waals surface area (Å²) in [5, 5.41) is 2.52. The van der Waals surface area contributed by atoms with E-state index in [1.165, 1.54) is 13.1 Å². The minimum Gasteiger partial charge on any atom is -0.444 e. The molecule has 0 saturated carbocycles. The molecule has 1 N–H and O–H groups in total. The maximum atomic E-state index is 12.0. The minimum absolute atomic E-state index is 0.157. The molecule has 0 bridgehead atoms. The van der Waals surface area contributed by atoms with Crippen molar-refractivity contribution in [2.75, 3.05) is 12.8 Å². The summed E-state index contributed by atoms with van der Waals surface area (Å²) in [4.78, 5) is 48.3. The van der Waals surface area contributed by atoms with Crippen LogP contribution in [0.15, 0.2) is 11.0 Å². The van der Waals surface area contributed by atoms with Crippen LogP contribution in [0.1, 0.15) is 34.1 Å². The van der Waals surface area contributed by atoms with Crippen molar-refractivity contribution < 1.29 is 23.9 Å². The summed E-state index contributed by atoms with van der Waals surface area (Å²) >= 11 is 1.07. The number of carbonyl (C=O) groups is 4. The van der Waals surface area contributed by atoms with Gasteiger partial charge in [-0.3, -0.25) is 19.3 Å². The molecule has 1 rings (SSSR count). The zero-order chi connectivity index (χ0) is 17.8. The maximum absolute atomic E-state index is 12.0. The van der Waals surface area contributed by atoms with E-state index in [4.69, 9.17) is 4.74 Å². The molecule has 0 saturated heterocycles. The molecule has 3 amide bonds. The van der Waals surface area contributed by atoms with Crippen LogP contribution in [0.25, 0.3) is 0 Å². The number of ether oxygens (including phenoxy) is 1. The van der Waals surface area contributed by atoms with Crippen molar-refractivity contribution in [3.63, 3.8) is 0 Å². The Morgan fingerprint density at radius 3 is 2.39 bits per heavy atom. The standard InChI is InChI=1S/C15H22N2O5S/c1-6-10(18)9(16-14(21)22-15(2,3)4)8-23-11-7-12(19)17(5)13(11)20/h7,9H,6,8H2,1-5H3,(H,16,21)/t9-/m0/s1. The molecule has 1 aliphatic rings. The lowest BCUT2D eigenvalue weighted by Crippen LogP contribution is -2.44. The second-order valence-corrected chi connectivity index (χ2v) is 7.10. The Morgan fingerprint density at radius 2 is 1.96 bits per heavy atom. The molecule has 0 aromatic rings. The van der Waals surface area contributed by atoms with Crippen LogP contribution in [-0.4, -0.2) is 53.0 Å². The molecule has 0 spiro atoms. The average molecular weight is 342 g/mol. The van der Waals surface area contributed by atoms with Gasteiger partial charge < -0.3 is 10.1 Å². The maximum Gasteiger partial charge on any atom is 0.408 e. The van der Waals surface area contributed by atoms with Gasteiger partial charge in [-0.2, -0.15) is 0 Å². The van der Waals surface area contributed by atoms with Crippen molar-refractivity contribution >= 4 is 35.5 Å². The van der Waals surface area contributed by atoms with Crippen molar-refractivity contribution in [1.82, 2.24) is 10.2 Å². The van der Waals surface area contributed by atoms with E-state index in [1.54, 1.807) is 27.7 Å². The second kappa shape index (κ2) is 7.63. The van der Waals surface area contributed by atoms with E-state index in [2.05, 4.69) is 5.32 Å². The van der Waals surface area contributed by atoms with Crippen LogP contribution >= 0.6 is 11.8 Å². The van der Waals surface area contributed by atoms with Crippen molar-refractivity contribution in [2.45, 2.75) is 45.8 Å². The lowest BCUT2D eigenvalue weighted by molar-refractivity contribution is -0.135. The van der Waals surface area contributed by atoms with Crippen molar-refractivity contribution in [1.29, 1.82) is 0 Å². The molecule has 1 heterocycles. The van der Waals surface area contributed by atoms with E-state index in [9.17, 15) is 19.2 Å².